The minimum Gasteiger partial charge on any atom is -0.396 e. The van der Waals surface area contributed by atoms with Crippen LogP contribution >= 0.6 is 15.9 Å². The van der Waals surface area contributed by atoms with Crippen LogP contribution < -0.4 is 0 Å². The topological polar surface area (TPSA) is 48.9 Å². The second-order valence-electron chi connectivity index (χ2n) is 3.30. The van der Waals surface area contributed by atoms with Gasteiger partial charge in [-0.15, -0.1) is 0 Å². The summed E-state index contributed by atoms with van der Waals surface area (Å²) in [5, 5.41) is 8.80. The summed E-state index contributed by atoms with van der Waals surface area (Å²) in [6.45, 7) is 0.0106. The van der Waals surface area contributed by atoms with Crippen molar-refractivity contribution in [2.45, 2.75) is 6.42 Å². The molecule has 1 heterocycles. The van der Waals surface area contributed by atoms with Crippen molar-refractivity contribution in [3.63, 3.8) is 0 Å². The van der Waals surface area contributed by atoms with Crippen LogP contribution in [0.2, 0.25) is 0 Å². The normalized spacial score (nSPS) is 10.7. The Bertz CT molecular complexity index is 498. The molecular weight excluding hydrogens is 275 g/mol. The van der Waals surface area contributed by atoms with Gasteiger partial charge < -0.3 is 10.1 Å². The molecule has 5 heteroatoms. The number of H-pyrrole nitrogens is 1. The van der Waals surface area contributed by atoms with Crippen LogP contribution in [0.3, 0.4) is 0 Å². The summed E-state index contributed by atoms with van der Waals surface area (Å²) >= 11 is 3.29. The smallest absolute Gasteiger partial charge is 0.132 e. The van der Waals surface area contributed by atoms with Crippen LogP contribution in [0.1, 0.15) is 5.82 Å². The van der Waals surface area contributed by atoms with E-state index in [2.05, 4.69) is 25.9 Å². The molecule has 0 radical (unpaired) electrons. The first kappa shape index (κ1) is 11.3. The van der Waals surface area contributed by atoms with Gasteiger partial charge in [0.05, 0.1) is 6.61 Å². The molecule has 0 fully saturated rings. The van der Waals surface area contributed by atoms with Crippen LogP contribution in [0.5, 0.6) is 0 Å². The Kier molecular flexibility index (Phi) is 3.36. The highest BCUT2D eigenvalue weighted by atomic mass is 79.9. The van der Waals surface area contributed by atoms with Crippen LogP contribution in [0.4, 0.5) is 4.39 Å². The van der Waals surface area contributed by atoms with Crippen molar-refractivity contribution >= 4 is 15.9 Å². The third kappa shape index (κ3) is 2.15. The van der Waals surface area contributed by atoms with E-state index in [9.17, 15) is 4.39 Å². The van der Waals surface area contributed by atoms with Gasteiger partial charge in [0, 0.05) is 12.0 Å². The lowest BCUT2D eigenvalue weighted by Crippen LogP contribution is -1.92. The molecule has 0 aliphatic heterocycles. The second kappa shape index (κ2) is 4.76. The van der Waals surface area contributed by atoms with Gasteiger partial charge in [-0.25, -0.2) is 9.37 Å². The number of benzene rings is 1. The molecule has 0 aliphatic carbocycles. The molecule has 0 atom stereocenters. The standard InChI is InChI=1S/C11H10BrFN2O/c12-11-10(14-9(15-11)5-6-16)7-3-1-2-4-8(7)13/h1-4,16H,5-6H2,(H,14,15). The molecule has 0 saturated carbocycles. The van der Waals surface area contributed by atoms with E-state index in [-0.39, 0.29) is 12.4 Å². The second-order valence-corrected chi connectivity index (χ2v) is 4.09. The summed E-state index contributed by atoms with van der Waals surface area (Å²) < 4.78 is 14.2. The fourth-order valence-corrected chi connectivity index (χ4v) is 1.98. The quantitative estimate of drug-likeness (QED) is 0.910. The first-order valence-corrected chi connectivity index (χ1v) is 5.62. The highest BCUT2D eigenvalue weighted by molar-refractivity contribution is 9.10. The number of imidazole rings is 1. The number of aromatic nitrogens is 2. The predicted octanol–water partition coefficient (Wildman–Crippen LogP) is 2.51. The van der Waals surface area contributed by atoms with Gasteiger partial charge in [-0.3, -0.25) is 0 Å². The van der Waals surface area contributed by atoms with Crippen molar-refractivity contribution in [1.29, 1.82) is 0 Å². The van der Waals surface area contributed by atoms with Gasteiger partial charge in [0.25, 0.3) is 0 Å². The maximum absolute atomic E-state index is 13.5. The van der Waals surface area contributed by atoms with Crippen LogP contribution in [0, 0.1) is 5.82 Å². The SMILES string of the molecule is OCCc1nc(-c2ccccc2F)c(Br)[nH]1. The molecule has 2 aromatic rings. The third-order valence-corrected chi connectivity index (χ3v) is 2.76. The lowest BCUT2D eigenvalue weighted by Gasteiger charge is -1.98. The number of hydrogen-bond donors (Lipinski definition) is 2. The molecule has 0 saturated heterocycles. The van der Waals surface area contributed by atoms with E-state index in [0.717, 1.165) is 0 Å². The Labute approximate surface area is 100 Å². The van der Waals surface area contributed by atoms with E-state index >= 15 is 0 Å². The largest absolute Gasteiger partial charge is 0.396 e. The van der Waals surface area contributed by atoms with E-state index in [1.165, 1.54) is 6.07 Å². The monoisotopic (exact) mass is 284 g/mol. The van der Waals surface area contributed by atoms with Gasteiger partial charge in [-0.05, 0) is 28.1 Å². The fourth-order valence-electron chi connectivity index (χ4n) is 1.45. The van der Waals surface area contributed by atoms with Crippen molar-refractivity contribution < 1.29 is 9.50 Å². The van der Waals surface area contributed by atoms with Crippen molar-refractivity contribution in [3.05, 3.63) is 40.5 Å². The molecule has 1 aromatic carbocycles. The Morgan fingerprint density at radius 3 is 2.81 bits per heavy atom. The van der Waals surface area contributed by atoms with Crippen molar-refractivity contribution in [2.75, 3.05) is 6.61 Å². The Hall–Kier alpha value is -1.20. The van der Waals surface area contributed by atoms with Crippen molar-refractivity contribution in [2.24, 2.45) is 0 Å². The molecule has 2 rings (SSSR count). The number of aliphatic hydroxyl groups is 1. The molecule has 0 bridgehead atoms. The number of aliphatic hydroxyl groups excluding tert-OH is 1. The van der Waals surface area contributed by atoms with Crippen LogP contribution in [0.15, 0.2) is 28.9 Å². The first-order valence-electron chi connectivity index (χ1n) is 4.82. The summed E-state index contributed by atoms with van der Waals surface area (Å²) in [5.41, 5.74) is 0.969. The van der Waals surface area contributed by atoms with Gasteiger partial charge in [-0.1, -0.05) is 12.1 Å². The lowest BCUT2D eigenvalue weighted by molar-refractivity contribution is 0.297. The maximum Gasteiger partial charge on any atom is 0.132 e. The number of nitrogens with one attached hydrogen (secondary N) is 1. The molecular formula is C11H10BrFN2O. The first-order chi connectivity index (χ1) is 7.72. The van der Waals surface area contributed by atoms with E-state index in [1.807, 2.05) is 0 Å². The highest BCUT2D eigenvalue weighted by Crippen LogP contribution is 2.27. The molecule has 2 N–H and O–H groups in total. The predicted molar refractivity (Wildman–Crippen MR) is 62.5 cm³/mol. The lowest BCUT2D eigenvalue weighted by atomic mass is 10.1. The van der Waals surface area contributed by atoms with E-state index < -0.39 is 0 Å². The van der Waals surface area contributed by atoms with Crippen LogP contribution in [-0.2, 0) is 6.42 Å². The molecule has 84 valence electrons. The average molecular weight is 285 g/mol. The molecule has 0 aliphatic rings. The van der Waals surface area contributed by atoms with Crippen LogP contribution in [0.25, 0.3) is 11.3 Å². The summed E-state index contributed by atoms with van der Waals surface area (Å²) in [4.78, 5) is 7.18. The molecule has 0 amide bonds. The van der Waals surface area contributed by atoms with E-state index in [1.54, 1.807) is 18.2 Å². The van der Waals surface area contributed by atoms with Crippen molar-refractivity contribution in [1.82, 2.24) is 9.97 Å². The number of rotatable bonds is 3. The van der Waals surface area contributed by atoms with Gasteiger partial charge in [0.2, 0.25) is 0 Å². The zero-order valence-electron chi connectivity index (χ0n) is 8.37. The van der Waals surface area contributed by atoms with Crippen LogP contribution in [-0.4, -0.2) is 21.7 Å². The van der Waals surface area contributed by atoms with Gasteiger partial charge in [-0.2, -0.15) is 0 Å². The van der Waals surface area contributed by atoms with E-state index in [0.29, 0.717) is 28.1 Å². The zero-order chi connectivity index (χ0) is 11.5. The summed E-state index contributed by atoms with van der Waals surface area (Å²) in [6.07, 6.45) is 0.424. The minimum absolute atomic E-state index is 0.0106. The Morgan fingerprint density at radius 1 is 1.38 bits per heavy atom. The van der Waals surface area contributed by atoms with Gasteiger partial charge in [0.1, 0.15) is 21.9 Å². The highest BCUT2D eigenvalue weighted by Gasteiger charge is 2.13. The number of halogens is 2. The molecule has 3 nitrogen and oxygen atoms in total. The molecule has 1 aromatic heterocycles. The van der Waals surface area contributed by atoms with Crippen molar-refractivity contribution in [3.8, 4) is 11.3 Å². The fraction of sp³-hybridized carbons (Fsp3) is 0.182. The summed E-state index contributed by atoms with van der Waals surface area (Å²) in [6, 6.07) is 6.44. The number of hydrogen-bond acceptors (Lipinski definition) is 2. The van der Waals surface area contributed by atoms with Gasteiger partial charge in [0.15, 0.2) is 0 Å². The average Bonchev–Trinajstić information content (AvgIpc) is 2.61. The minimum atomic E-state index is -0.315. The Morgan fingerprint density at radius 2 is 2.12 bits per heavy atom. The summed E-state index contributed by atoms with van der Waals surface area (Å²) in [5.74, 6) is 0.317. The van der Waals surface area contributed by atoms with Gasteiger partial charge >= 0.3 is 0 Å². The zero-order valence-corrected chi connectivity index (χ0v) is 9.96. The maximum atomic E-state index is 13.5. The van der Waals surface area contributed by atoms with E-state index in [4.69, 9.17) is 5.11 Å². The summed E-state index contributed by atoms with van der Waals surface area (Å²) in [7, 11) is 0. The molecule has 0 spiro atoms. The number of nitrogens with zero attached hydrogens (tertiary/aromatic N) is 1. The third-order valence-electron chi connectivity index (χ3n) is 2.19. The molecule has 0 unspecified atom stereocenters. The number of aromatic amines is 1. The molecule has 16 heavy (non-hydrogen) atoms. The Balaban J connectivity index is 2.44.